The number of aromatic amines is 2. The summed E-state index contributed by atoms with van der Waals surface area (Å²) in [5.74, 6) is 0.740. The summed E-state index contributed by atoms with van der Waals surface area (Å²) < 4.78 is 9.61. The Balaban J connectivity index is 0.904. The van der Waals surface area contributed by atoms with E-state index in [1.807, 2.05) is 108 Å². The second-order valence-corrected chi connectivity index (χ2v) is 19.6. The summed E-state index contributed by atoms with van der Waals surface area (Å²) in [6.07, 6.45) is 30.6. The lowest BCUT2D eigenvalue weighted by molar-refractivity contribution is -0.671. The van der Waals surface area contributed by atoms with E-state index in [0.29, 0.717) is 23.7 Å². The highest BCUT2D eigenvalue weighted by Crippen LogP contribution is 2.38. The summed E-state index contributed by atoms with van der Waals surface area (Å²) >= 11 is 6.37. The minimum atomic E-state index is -0.0203. The van der Waals surface area contributed by atoms with Crippen LogP contribution in [0.25, 0.3) is 38.5 Å². The predicted octanol–water partition coefficient (Wildman–Crippen LogP) is 10.9. The molecule has 0 aliphatic carbocycles. The number of aliphatic hydroxyl groups is 1. The Morgan fingerprint density at radius 2 is 1.16 bits per heavy atom. The second-order valence-electron chi connectivity index (χ2n) is 19.1. The topological polar surface area (TPSA) is 134 Å². The smallest absolute Gasteiger partial charge is 0.213 e. The number of hydrogen-bond donors (Lipinski definition) is 3. The third kappa shape index (κ3) is 9.35. The van der Waals surface area contributed by atoms with Crippen LogP contribution < -0.4 is 19.2 Å². The number of fused-ring (bicyclic) bond motifs is 7. The normalized spacial score (nSPS) is 16.4. The zero-order chi connectivity index (χ0) is 51.9. The van der Waals surface area contributed by atoms with Crippen LogP contribution in [0.1, 0.15) is 46.5 Å². The van der Waals surface area contributed by atoms with Crippen molar-refractivity contribution in [1.29, 1.82) is 0 Å². The quantitative estimate of drug-likeness (QED) is 0.0414. The molecular weight excluding hydrogens is 964 g/mol. The number of halogens is 1. The molecule has 12 rings (SSSR count). The number of nitrogens with zero attached hydrogens (tertiary/aromatic N) is 8. The molecule has 76 heavy (non-hydrogen) atoms. The first-order valence-electron chi connectivity index (χ1n) is 25.3. The first-order chi connectivity index (χ1) is 37.1. The first kappa shape index (κ1) is 47.7. The molecule has 8 bridgehead atoms. The number of hydrogen-bond acceptors (Lipinski definition) is 7. The molecule has 0 atom stereocenters. The molecule has 9 heterocycles. The van der Waals surface area contributed by atoms with Gasteiger partial charge in [0.15, 0.2) is 24.8 Å². The van der Waals surface area contributed by atoms with E-state index in [4.69, 9.17) is 36.3 Å². The molecule has 0 unspecified atom stereocenters. The third-order valence-electron chi connectivity index (χ3n) is 14.0. The molecule has 5 aliphatic rings. The molecule has 0 amide bonds. The van der Waals surface area contributed by atoms with Gasteiger partial charge in [0.2, 0.25) is 5.90 Å². The number of methoxy groups -OCH3 is 1. The molecule has 0 saturated heterocycles. The number of aromatic nitrogens is 4. The number of aliphatic imine (C=N–C) groups is 4. The van der Waals surface area contributed by atoms with Crippen molar-refractivity contribution in [1.82, 2.24) is 14.9 Å². The molecule has 5 aliphatic heterocycles. The van der Waals surface area contributed by atoms with Crippen molar-refractivity contribution < 1.29 is 19.0 Å². The molecule has 3 N–H and O–H groups in total. The predicted molar refractivity (Wildman–Crippen MR) is 305 cm³/mol. The van der Waals surface area contributed by atoms with Crippen LogP contribution in [0.2, 0.25) is 5.02 Å². The number of unbranched alkanes of at least 4 members (excludes halogenated alkanes) is 1. The van der Waals surface area contributed by atoms with E-state index in [-0.39, 0.29) is 5.90 Å². The van der Waals surface area contributed by atoms with E-state index in [1.54, 1.807) is 7.11 Å². The lowest BCUT2D eigenvalue weighted by Crippen LogP contribution is -2.26. The van der Waals surface area contributed by atoms with E-state index < -0.39 is 0 Å². The highest BCUT2D eigenvalue weighted by Gasteiger charge is 2.28. The molecule has 4 aromatic heterocycles. The SMILES string of the molecule is COc1ccc2[nH]c3cc(Cl)ccc3c(=NCCCCN=C(O)c3ccc(C4=C5C=CC(=N5)C(=C5C=CN(C)C=C5)C5=NC(=C(c6cc[n+](C)cc6)c6ccc([nH]6)C(c6cc[n+](C)cc6)=C6C=CC4=N6)C=C5)cc3)c2c1. The molecule has 3 aromatic carbocycles. The van der Waals surface area contributed by atoms with Crippen molar-refractivity contribution in [3.05, 3.63) is 255 Å². The Kier molecular flexibility index (Phi) is 12.7. The minimum absolute atomic E-state index is 0.0203. The van der Waals surface area contributed by atoms with Crippen LogP contribution >= 0.6 is 11.6 Å². The van der Waals surface area contributed by atoms with E-state index in [0.717, 1.165) is 136 Å². The van der Waals surface area contributed by atoms with Gasteiger partial charge in [0.1, 0.15) is 19.8 Å². The molecule has 372 valence electrons. The fraction of sp³-hybridized carbons (Fsp3) is 0.127. The average Bonchev–Trinajstić information content (AvgIpc) is 4.30. The van der Waals surface area contributed by atoms with Gasteiger partial charge < -0.3 is 24.7 Å². The largest absolute Gasteiger partial charge is 0.497 e. The third-order valence-corrected chi connectivity index (χ3v) is 14.2. The molecule has 0 spiro atoms. The van der Waals surface area contributed by atoms with E-state index in [2.05, 4.69) is 125 Å². The number of allylic oxidation sites excluding steroid dienone is 11. The van der Waals surface area contributed by atoms with Gasteiger partial charge in [-0.3, -0.25) is 9.98 Å². The monoisotopic (exact) mass is 1020 g/mol. The van der Waals surface area contributed by atoms with Gasteiger partial charge in [-0.15, -0.1) is 0 Å². The van der Waals surface area contributed by atoms with Crippen LogP contribution in [0.4, 0.5) is 0 Å². The van der Waals surface area contributed by atoms with Gasteiger partial charge in [-0.2, -0.15) is 0 Å². The second kappa shape index (κ2) is 20.2. The minimum Gasteiger partial charge on any atom is -0.497 e. The first-order valence-corrected chi connectivity index (χ1v) is 25.6. The highest BCUT2D eigenvalue weighted by atomic mass is 35.5. The Bertz CT molecular complexity index is 4040. The number of benzene rings is 3. The summed E-state index contributed by atoms with van der Waals surface area (Å²) in [5.41, 5.74) is 16.7. The van der Waals surface area contributed by atoms with Crippen LogP contribution in [-0.4, -0.2) is 70.3 Å². The summed E-state index contributed by atoms with van der Waals surface area (Å²) in [5, 5.41) is 14.9. The highest BCUT2D eigenvalue weighted by molar-refractivity contribution is 6.36. The van der Waals surface area contributed by atoms with Crippen LogP contribution in [0.5, 0.6) is 5.75 Å². The summed E-state index contributed by atoms with van der Waals surface area (Å²) in [7, 11) is 7.72. The number of ether oxygens (including phenoxy) is 1. The van der Waals surface area contributed by atoms with Gasteiger partial charge >= 0.3 is 0 Å². The zero-order valence-corrected chi connectivity index (χ0v) is 43.2. The standard InChI is InChI=1S/C63H52ClN10O2/c1-72-31-23-40(24-32-72)59-51-17-15-49(68-51)58(39-7-9-43(10-8-39)63(75)66-30-6-5-29-65-62-46-13-11-44(64)37-57(46)67-48-14-12-45(76-4)38-47(48)62)50-16-18-52(69-50)60(41-25-33-73(2)34-26-41)54-20-22-56(71-54)61(55-21-19-53(59)70-55)42-27-35-74(3)36-28-42/h7-28,31-38H,5-6,29-30H2,1-4H3,(H2-,65,66,67,68,69,70,71,75)/q+1/p+1. The number of rotatable bonds is 10. The summed E-state index contributed by atoms with van der Waals surface area (Å²) in [4.78, 5) is 35.3. The maximum Gasteiger partial charge on any atom is 0.213 e. The Morgan fingerprint density at radius 3 is 1.76 bits per heavy atom. The van der Waals surface area contributed by atoms with Crippen molar-refractivity contribution in [3.63, 3.8) is 0 Å². The average molecular weight is 1020 g/mol. The molecule has 0 saturated carbocycles. The number of aliphatic hydroxyl groups excluding tert-OH is 1. The Labute approximate surface area is 444 Å². The maximum atomic E-state index is 11.4. The summed E-state index contributed by atoms with van der Waals surface area (Å²) in [6.45, 7) is 1.03. The number of nitrogens with one attached hydrogen (secondary N) is 2. The lowest BCUT2D eigenvalue weighted by atomic mass is 9.97. The Morgan fingerprint density at radius 1 is 0.592 bits per heavy atom. The summed E-state index contributed by atoms with van der Waals surface area (Å²) in [6, 6.07) is 32.4. The van der Waals surface area contributed by atoms with Crippen molar-refractivity contribution in [2.45, 2.75) is 12.8 Å². The fourth-order valence-electron chi connectivity index (χ4n) is 10.1. The van der Waals surface area contributed by atoms with Crippen molar-refractivity contribution in [2.24, 2.45) is 39.1 Å². The number of aryl methyl sites for hydroxylation is 2. The Hall–Kier alpha value is -9.26. The molecule has 13 heteroatoms. The van der Waals surface area contributed by atoms with E-state index in [1.165, 1.54) is 0 Å². The van der Waals surface area contributed by atoms with E-state index >= 15 is 0 Å². The molecule has 0 fully saturated rings. The van der Waals surface area contributed by atoms with Crippen molar-refractivity contribution in [3.8, 4) is 5.75 Å². The van der Waals surface area contributed by atoms with Gasteiger partial charge in [-0.05, 0) is 144 Å². The van der Waals surface area contributed by atoms with Crippen LogP contribution in [0.3, 0.4) is 0 Å². The molecule has 12 nitrogen and oxygen atoms in total. The number of pyridine rings is 3. The number of H-pyrrole nitrogens is 2. The van der Waals surface area contributed by atoms with Crippen LogP contribution in [0, 0.1) is 0 Å². The fourth-order valence-corrected chi connectivity index (χ4v) is 10.2. The van der Waals surface area contributed by atoms with Crippen molar-refractivity contribution in [2.75, 3.05) is 27.2 Å². The van der Waals surface area contributed by atoms with Gasteiger partial charge in [-0.25, -0.2) is 24.1 Å². The van der Waals surface area contributed by atoms with Gasteiger partial charge in [0, 0.05) is 123 Å². The zero-order valence-electron chi connectivity index (χ0n) is 42.5. The molecular formula is C63H53ClN10O2+2. The van der Waals surface area contributed by atoms with Crippen LogP contribution in [-0.2, 0) is 14.1 Å². The van der Waals surface area contributed by atoms with Crippen molar-refractivity contribution >= 4 is 73.2 Å². The van der Waals surface area contributed by atoms with Gasteiger partial charge in [0.05, 0.1) is 46.7 Å². The lowest BCUT2D eigenvalue weighted by Gasteiger charge is -2.16. The van der Waals surface area contributed by atoms with E-state index in [9.17, 15) is 5.11 Å². The van der Waals surface area contributed by atoms with Crippen LogP contribution in [0.15, 0.2) is 236 Å². The molecule has 7 aromatic rings. The van der Waals surface area contributed by atoms with Gasteiger partial charge in [-0.1, -0.05) is 23.7 Å². The molecule has 0 radical (unpaired) electrons. The van der Waals surface area contributed by atoms with Gasteiger partial charge in [0.25, 0.3) is 0 Å². The maximum absolute atomic E-state index is 11.4.